The first-order valence-corrected chi connectivity index (χ1v) is 8.49. The second-order valence-electron chi connectivity index (χ2n) is 6.12. The fraction of sp³-hybridized carbons (Fsp3) is 0.389. The minimum absolute atomic E-state index is 0.0519. The number of amides is 1. The third-order valence-corrected chi connectivity index (χ3v) is 4.52. The molecular weight excluding hydrogens is 318 g/mol. The van der Waals surface area contributed by atoms with E-state index < -0.39 is 0 Å². The summed E-state index contributed by atoms with van der Waals surface area (Å²) in [6, 6.07) is 7.15. The summed E-state index contributed by atoms with van der Waals surface area (Å²) in [4.78, 5) is 32.8. The molecule has 1 N–H and O–H groups in total. The van der Waals surface area contributed by atoms with E-state index in [1.54, 1.807) is 43.7 Å². The predicted molar refractivity (Wildman–Crippen MR) is 97.2 cm³/mol. The SMILES string of the molecule is CCN1CCN(C(=O)c2ccc(Nc3nccn(C)c3=O)cc2)CC1. The van der Waals surface area contributed by atoms with Crippen LogP contribution >= 0.6 is 0 Å². The highest BCUT2D eigenvalue weighted by atomic mass is 16.2. The van der Waals surface area contributed by atoms with E-state index in [1.807, 2.05) is 4.90 Å². The van der Waals surface area contributed by atoms with Crippen molar-refractivity contribution < 1.29 is 4.79 Å². The van der Waals surface area contributed by atoms with Crippen molar-refractivity contribution in [2.75, 3.05) is 38.0 Å². The van der Waals surface area contributed by atoms with Gasteiger partial charge in [0.1, 0.15) is 0 Å². The van der Waals surface area contributed by atoms with Gasteiger partial charge in [-0.3, -0.25) is 9.59 Å². The van der Waals surface area contributed by atoms with Crippen LogP contribution in [0.15, 0.2) is 41.5 Å². The molecule has 1 aliphatic rings. The first-order valence-electron chi connectivity index (χ1n) is 8.49. The number of carbonyl (C=O) groups excluding carboxylic acids is 1. The maximum atomic E-state index is 12.6. The number of nitrogens with zero attached hydrogens (tertiary/aromatic N) is 4. The molecule has 1 aromatic heterocycles. The van der Waals surface area contributed by atoms with Gasteiger partial charge < -0.3 is 19.7 Å². The molecule has 0 radical (unpaired) electrons. The van der Waals surface area contributed by atoms with Crippen LogP contribution < -0.4 is 10.9 Å². The Morgan fingerprint density at radius 1 is 1.16 bits per heavy atom. The van der Waals surface area contributed by atoms with Gasteiger partial charge in [0.05, 0.1) is 0 Å². The minimum atomic E-state index is -0.198. The quantitative estimate of drug-likeness (QED) is 0.908. The number of carbonyl (C=O) groups is 1. The Morgan fingerprint density at radius 2 is 1.84 bits per heavy atom. The first kappa shape index (κ1) is 17.2. The van der Waals surface area contributed by atoms with Crippen LogP contribution in [0, 0.1) is 0 Å². The topological polar surface area (TPSA) is 70.5 Å². The van der Waals surface area contributed by atoms with Crippen molar-refractivity contribution >= 4 is 17.4 Å². The summed E-state index contributed by atoms with van der Waals surface area (Å²) in [5.74, 6) is 0.316. The molecule has 0 saturated carbocycles. The molecule has 1 aromatic carbocycles. The molecule has 0 unspecified atom stereocenters. The highest BCUT2D eigenvalue weighted by Crippen LogP contribution is 2.15. The summed E-state index contributed by atoms with van der Waals surface area (Å²) in [6.07, 6.45) is 3.17. The van der Waals surface area contributed by atoms with Crippen LogP contribution in [0.3, 0.4) is 0 Å². The molecule has 0 bridgehead atoms. The fourth-order valence-corrected chi connectivity index (χ4v) is 2.87. The lowest BCUT2D eigenvalue weighted by molar-refractivity contribution is 0.0643. The average molecular weight is 341 g/mol. The van der Waals surface area contributed by atoms with Crippen molar-refractivity contribution in [3.63, 3.8) is 0 Å². The van der Waals surface area contributed by atoms with Gasteiger partial charge in [0.15, 0.2) is 5.82 Å². The number of rotatable bonds is 4. The summed E-state index contributed by atoms with van der Waals surface area (Å²) in [5.41, 5.74) is 1.18. The van der Waals surface area contributed by atoms with E-state index in [2.05, 4.69) is 22.1 Å². The Balaban J connectivity index is 1.67. The normalized spacial score (nSPS) is 15.2. The lowest BCUT2D eigenvalue weighted by Crippen LogP contribution is -2.48. The Bertz CT molecular complexity index is 792. The van der Waals surface area contributed by atoms with Crippen LogP contribution in [-0.4, -0.2) is 58.0 Å². The van der Waals surface area contributed by atoms with Gasteiger partial charge in [-0.2, -0.15) is 0 Å². The van der Waals surface area contributed by atoms with Crippen molar-refractivity contribution in [3.05, 3.63) is 52.6 Å². The molecule has 7 nitrogen and oxygen atoms in total. The van der Waals surface area contributed by atoms with Gasteiger partial charge in [-0.05, 0) is 30.8 Å². The molecular formula is C18H23N5O2. The van der Waals surface area contributed by atoms with Gasteiger partial charge in [-0.1, -0.05) is 6.92 Å². The van der Waals surface area contributed by atoms with Crippen molar-refractivity contribution in [1.29, 1.82) is 0 Å². The van der Waals surface area contributed by atoms with Gasteiger partial charge >= 0.3 is 0 Å². The van der Waals surface area contributed by atoms with Gasteiger partial charge in [0.2, 0.25) is 0 Å². The van der Waals surface area contributed by atoms with Gasteiger partial charge in [-0.15, -0.1) is 0 Å². The van der Waals surface area contributed by atoms with Crippen molar-refractivity contribution in [3.8, 4) is 0 Å². The Morgan fingerprint density at radius 3 is 2.48 bits per heavy atom. The zero-order valence-corrected chi connectivity index (χ0v) is 14.6. The van der Waals surface area contributed by atoms with Crippen LogP contribution in [0.5, 0.6) is 0 Å². The molecule has 1 aliphatic heterocycles. The Kier molecular flexibility index (Phi) is 5.14. The molecule has 132 valence electrons. The van der Waals surface area contributed by atoms with Gasteiger partial charge in [0.25, 0.3) is 11.5 Å². The van der Waals surface area contributed by atoms with Crippen LogP contribution in [0.4, 0.5) is 11.5 Å². The van der Waals surface area contributed by atoms with Crippen LogP contribution in [0.2, 0.25) is 0 Å². The standard InChI is InChI=1S/C18H23N5O2/c1-3-22-10-12-23(13-11-22)17(24)14-4-6-15(7-5-14)20-16-18(25)21(2)9-8-19-16/h4-9H,3,10-13H2,1-2H3,(H,19,20). The molecule has 25 heavy (non-hydrogen) atoms. The van der Waals surface area contributed by atoms with Crippen molar-refractivity contribution in [2.24, 2.45) is 7.05 Å². The van der Waals surface area contributed by atoms with Crippen molar-refractivity contribution in [2.45, 2.75) is 6.92 Å². The monoisotopic (exact) mass is 341 g/mol. The number of hydrogen-bond donors (Lipinski definition) is 1. The molecule has 0 atom stereocenters. The largest absolute Gasteiger partial charge is 0.336 e. The molecule has 1 amide bonds. The lowest BCUT2D eigenvalue weighted by Gasteiger charge is -2.34. The van der Waals surface area contributed by atoms with E-state index in [-0.39, 0.29) is 17.3 Å². The molecule has 7 heteroatoms. The second-order valence-corrected chi connectivity index (χ2v) is 6.12. The molecule has 3 rings (SSSR count). The predicted octanol–water partition coefficient (Wildman–Crippen LogP) is 1.30. The maximum absolute atomic E-state index is 12.6. The van der Waals surface area contributed by atoms with Gasteiger partial charge in [0, 0.05) is 56.9 Å². The number of anilines is 2. The minimum Gasteiger partial charge on any atom is -0.336 e. The average Bonchev–Trinajstić information content (AvgIpc) is 2.65. The van der Waals surface area contributed by atoms with Crippen molar-refractivity contribution in [1.82, 2.24) is 19.4 Å². The highest BCUT2D eigenvalue weighted by Gasteiger charge is 2.21. The van der Waals surface area contributed by atoms with E-state index >= 15 is 0 Å². The summed E-state index contributed by atoms with van der Waals surface area (Å²) in [6.45, 7) is 6.52. The smallest absolute Gasteiger partial charge is 0.293 e. The number of hydrogen-bond acceptors (Lipinski definition) is 5. The van der Waals surface area contributed by atoms with E-state index in [0.29, 0.717) is 5.56 Å². The zero-order chi connectivity index (χ0) is 17.8. The van der Waals surface area contributed by atoms with Crippen LogP contribution in [-0.2, 0) is 7.05 Å². The molecule has 0 spiro atoms. The molecule has 2 heterocycles. The number of aromatic nitrogens is 2. The van der Waals surface area contributed by atoms with E-state index in [9.17, 15) is 9.59 Å². The lowest BCUT2D eigenvalue weighted by atomic mass is 10.1. The Labute approximate surface area is 146 Å². The number of likely N-dealkylation sites (N-methyl/N-ethyl adjacent to an activating group) is 1. The van der Waals surface area contributed by atoms with E-state index in [1.165, 1.54) is 4.57 Å². The third kappa shape index (κ3) is 3.88. The summed E-state index contributed by atoms with van der Waals surface area (Å²) >= 11 is 0. The zero-order valence-electron chi connectivity index (χ0n) is 14.6. The Hall–Kier alpha value is -2.67. The maximum Gasteiger partial charge on any atom is 0.293 e. The molecule has 1 fully saturated rings. The number of aryl methyl sites for hydroxylation is 1. The molecule has 0 aliphatic carbocycles. The fourth-order valence-electron chi connectivity index (χ4n) is 2.87. The molecule has 2 aromatic rings. The van der Waals surface area contributed by atoms with Gasteiger partial charge in [-0.25, -0.2) is 4.98 Å². The van der Waals surface area contributed by atoms with Crippen LogP contribution in [0.25, 0.3) is 0 Å². The molecule has 1 saturated heterocycles. The van der Waals surface area contributed by atoms with E-state index in [0.717, 1.165) is 38.4 Å². The number of benzene rings is 1. The summed E-state index contributed by atoms with van der Waals surface area (Å²) in [5, 5.41) is 3.00. The number of nitrogens with one attached hydrogen (secondary N) is 1. The number of piperazine rings is 1. The second kappa shape index (κ2) is 7.48. The first-order chi connectivity index (χ1) is 12.1. The summed E-state index contributed by atoms with van der Waals surface area (Å²) in [7, 11) is 1.68. The van der Waals surface area contributed by atoms with E-state index in [4.69, 9.17) is 0 Å². The summed E-state index contributed by atoms with van der Waals surface area (Å²) < 4.78 is 1.46. The third-order valence-electron chi connectivity index (χ3n) is 4.52. The van der Waals surface area contributed by atoms with Crippen LogP contribution in [0.1, 0.15) is 17.3 Å². The highest BCUT2D eigenvalue weighted by molar-refractivity contribution is 5.94.